The SMILES string of the molecule is CN(C)C(=O)O[C@H]1CN[C@@H](C#Cc2cc3c(Nc4ccc(OCc5cccc(F)c5)c(Cl)c4)ncnc3s2)C1. The maximum absolute atomic E-state index is 13.4. The van der Waals surface area contributed by atoms with Crippen molar-refractivity contribution in [1.29, 1.82) is 0 Å². The van der Waals surface area contributed by atoms with Crippen LogP contribution in [0.1, 0.15) is 16.9 Å². The average Bonchev–Trinajstić information content (AvgIpc) is 3.54. The van der Waals surface area contributed by atoms with Crippen LogP contribution >= 0.6 is 22.9 Å². The monoisotopic (exact) mass is 565 g/mol. The Labute approximate surface area is 234 Å². The Hall–Kier alpha value is -3.91. The summed E-state index contributed by atoms with van der Waals surface area (Å²) in [5, 5.41) is 7.83. The van der Waals surface area contributed by atoms with Crippen molar-refractivity contribution in [3.63, 3.8) is 0 Å². The summed E-state index contributed by atoms with van der Waals surface area (Å²) in [6.45, 7) is 0.774. The van der Waals surface area contributed by atoms with Gasteiger partial charge in [0.2, 0.25) is 0 Å². The highest BCUT2D eigenvalue weighted by atomic mass is 35.5. The fraction of sp³-hybridized carbons (Fsp3) is 0.250. The predicted octanol–water partition coefficient (Wildman–Crippen LogP) is 5.59. The van der Waals surface area contributed by atoms with Gasteiger partial charge in [-0.2, -0.15) is 0 Å². The molecule has 11 heteroatoms. The third kappa shape index (κ3) is 6.75. The van der Waals surface area contributed by atoms with E-state index in [0.29, 0.717) is 35.1 Å². The molecule has 5 rings (SSSR count). The second kappa shape index (κ2) is 11.9. The van der Waals surface area contributed by atoms with E-state index in [1.165, 1.54) is 34.7 Å². The van der Waals surface area contributed by atoms with Crippen molar-refractivity contribution in [2.45, 2.75) is 25.2 Å². The number of nitrogens with zero attached hydrogens (tertiary/aromatic N) is 3. The predicted molar refractivity (Wildman–Crippen MR) is 150 cm³/mol. The lowest BCUT2D eigenvalue weighted by molar-refractivity contribution is 0.0826. The van der Waals surface area contributed by atoms with Crippen LogP contribution in [0.25, 0.3) is 10.2 Å². The third-order valence-corrected chi connectivity index (χ3v) is 7.15. The van der Waals surface area contributed by atoms with Gasteiger partial charge in [0.25, 0.3) is 0 Å². The van der Waals surface area contributed by atoms with Gasteiger partial charge in [0, 0.05) is 32.7 Å². The minimum absolute atomic E-state index is 0.0670. The number of hydrogen-bond acceptors (Lipinski definition) is 8. The summed E-state index contributed by atoms with van der Waals surface area (Å²) in [7, 11) is 3.32. The number of aromatic nitrogens is 2. The van der Waals surface area contributed by atoms with E-state index in [0.717, 1.165) is 20.8 Å². The van der Waals surface area contributed by atoms with E-state index >= 15 is 0 Å². The van der Waals surface area contributed by atoms with Crippen LogP contribution < -0.4 is 15.4 Å². The molecule has 4 aromatic rings. The van der Waals surface area contributed by atoms with Crippen molar-refractivity contribution >= 4 is 50.8 Å². The Morgan fingerprint density at radius 3 is 2.92 bits per heavy atom. The number of carbonyl (C=O) groups excluding carboxylic acids is 1. The summed E-state index contributed by atoms with van der Waals surface area (Å²) in [4.78, 5) is 23.6. The first kappa shape index (κ1) is 26.7. The highest BCUT2D eigenvalue weighted by Gasteiger charge is 2.26. The number of thiophene rings is 1. The zero-order valence-corrected chi connectivity index (χ0v) is 22.8. The molecular formula is C28H25ClFN5O3S. The second-order valence-corrected chi connectivity index (χ2v) is 10.5. The van der Waals surface area contributed by atoms with Gasteiger partial charge in [0.15, 0.2) is 0 Å². The Bertz CT molecular complexity index is 1570. The summed E-state index contributed by atoms with van der Waals surface area (Å²) >= 11 is 7.92. The maximum Gasteiger partial charge on any atom is 0.409 e. The van der Waals surface area contributed by atoms with Gasteiger partial charge >= 0.3 is 6.09 Å². The number of benzene rings is 2. The van der Waals surface area contributed by atoms with Gasteiger partial charge in [0.05, 0.1) is 21.3 Å². The molecule has 39 heavy (non-hydrogen) atoms. The summed E-state index contributed by atoms with van der Waals surface area (Å²) in [5.74, 6) is 7.24. The molecule has 2 aromatic carbocycles. The molecule has 0 saturated carbocycles. The number of nitrogens with one attached hydrogen (secondary N) is 2. The van der Waals surface area contributed by atoms with Gasteiger partial charge < -0.3 is 19.7 Å². The number of fused-ring (bicyclic) bond motifs is 1. The number of rotatable bonds is 6. The van der Waals surface area contributed by atoms with E-state index in [4.69, 9.17) is 21.1 Å². The van der Waals surface area contributed by atoms with E-state index in [1.54, 1.807) is 38.4 Å². The van der Waals surface area contributed by atoms with Gasteiger partial charge in [-0.1, -0.05) is 35.6 Å². The van der Waals surface area contributed by atoms with Gasteiger partial charge in [-0.3, -0.25) is 5.32 Å². The van der Waals surface area contributed by atoms with Crippen molar-refractivity contribution in [1.82, 2.24) is 20.2 Å². The molecule has 200 valence electrons. The van der Waals surface area contributed by atoms with Crippen molar-refractivity contribution in [3.05, 3.63) is 76.1 Å². The largest absolute Gasteiger partial charge is 0.487 e. The lowest BCUT2D eigenvalue weighted by Crippen LogP contribution is -2.29. The van der Waals surface area contributed by atoms with E-state index < -0.39 is 0 Å². The Morgan fingerprint density at radius 1 is 1.26 bits per heavy atom. The molecule has 0 spiro atoms. The fourth-order valence-corrected chi connectivity index (χ4v) is 5.04. The fourth-order valence-electron chi connectivity index (χ4n) is 3.95. The van der Waals surface area contributed by atoms with Crippen LogP contribution in [-0.2, 0) is 11.3 Å². The Balaban J connectivity index is 1.24. The minimum atomic E-state index is -0.356. The average molecular weight is 566 g/mol. The van der Waals surface area contributed by atoms with Crippen LogP contribution in [0.3, 0.4) is 0 Å². The first-order valence-electron chi connectivity index (χ1n) is 12.2. The molecule has 3 heterocycles. The van der Waals surface area contributed by atoms with Gasteiger partial charge in [0.1, 0.15) is 41.3 Å². The summed E-state index contributed by atoms with van der Waals surface area (Å²) in [5.41, 5.74) is 1.44. The van der Waals surface area contributed by atoms with Gasteiger partial charge in [-0.05, 0) is 42.0 Å². The lowest BCUT2D eigenvalue weighted by Gasteiger charge is -2.15. The topological polar surface area (TPSA) is 88.6 Å². The first-order valence-corrected chi connectivity index (χ1v) is 13.3. The highest BCUT2D eigenvalue weighted by molar-refractivity contribution is 7.19. The number of amides is 1. The van der Waals surface area contributed by atoms with Crippen molar-refractivity contribution in [3.8, 4) is 17.6 Å². The van der Waals surface area contributed by atoms with E-state index in [-0.39, 0.29) is 30.7 Å². The molecule has 0 radical (unpaired) electrons. The molecule has 1 fully saturated rings. The molecule has 0 bridgehead atoms. The lowest BCUT2D eigenvalue weighted by atomic mass is 10.2. The molecule has 1 aliphatic heterocycles. The van der Waals surface area contributed by atoms with Crippen LogP contribution in [0, 0.1) is 17.7 Å². The number of anilines is 2. The van der Waals surface area contributed by atoms with E-state index in [2.05, 4.69) is 32.4 Å². The highest BCUT2D eigenvalue weighted by Crippen LogP contribution is 2.33. The Kier molecular flexibility index (Phi) is 8.12. The zero-order chi connectivity index (χ0) is 27.4. The van der Waals surface area contributed by atoms with Crippen molar-refractivity contribution in [2.75, 3.05) is 26.0 Å². The number of carbonyl (C=O) groups is 1. The molecule has 1 saturated heterocycles. The van der Waals surface area contributed by atoms with Crippen molar-refractivity contribution < 1.29 is 18.7 Å². The van der Waals surface area contributed by atoms with Gasteiger partial charge in [-0.25, -0.2) is 19.2 Å². The summed E-state index contributed by atoms with van der Waals surface area (Å²) in [6, 6.07) is 13.5. The standard InChI is InChI=1S/C28H25ClFN5O3S/c1-35(2)28(36)38-21-11-19(31-14-21)6-8-22-13-23-26(32-16-33-27(23)39-22)34-20-7-9-25(24(29)12-20)37-15-17-4-3-5-18(30)10-17/h3-5,7,9-10,12-13,16,19,21,31H,11,14-15H2,1-2H3,(H,32,33,34)/t19-,21+/m0/s1. The quantitative estimate of drug-likeness (QED) is 0.295. The van der Waals surface area contributed by atoms with Crippen LogP contribution in [0.2, 0.25) is 5.02 Å². The second-order valence-electron chi connectivity index (χ2n) is 9.11. The maximum atomic E-state index is 13.4. The molecule has 0 unspecified atom stereocenters. The molecular weight excluding hydrogens is 541 g/mol. The minimum Gasteiger partial charge on any atom is -0.487 e. The van der Waals surface area contributed by atoms with Crippen LogP contribution in [0.15, 0.2) is 54.9 Å². The number of hydrogen-bond donors (Lipinski definition) is 2. The van der Waals surface area contributed by atoms with Gasteiger partial charge in [-0.15, -0.1) is 11.3 Å². The molecule has 1 amide bonds. The molecule has 8 nitrogen and oxygen atoms in total. The zero-order valence-electron chi connectivity index (χ0n) is 21.2. The van der Waals surface area contributed by atoms with Crippen LogP contribution in [0.5, 0.6) is 5.75 Å². The third-order valence-electron chi connectivity index (χ3n) is 5.90. The van der Waals surface area contributed by atoms with Crippen molar-refractivity contribution in [2.24, 2.45) is 0 Å². The van der Waals surface area contributed by atoms with E-state index in [9.17, 15) is 9.18 Å². The van der Waals surface area contributed by atoms with Crippen LogP contribution in [-0.4, -0.2) is 53.7 Å². The van der Waals surface area contributed by atoms with E-state index in [1.807, 2.05) is 12.1 Å². The Morgan fingerprint density at radius 2 is 2.13 bits per heavy atom. The first-order chi connectivity index (χ1) is 18.8. The normalized spacial score (nSPS) is 16.4. The summed E-state index contributed by atoms with van der Waals surface area (Å²) in [6.07, 6.45) is 1.57. The van der Waals surface area contributed by atoms with Crippen LogP contribution in [0.4, 0.5) is 20.7 Å². The molecule has 2 N–H and O–H groups in total. The smallest absolute Gasteiger partial charge is 0.409 e. The molecule has 1 aliphatic rings. The molecule has 2 aromatic heterocycles. The molecule has 0 aliphatic carbocycles. The molecule has 2 atom stereocenters. The number of halogens is 2. The summed E-state index contributed by atoms with van der Waals surface area (Å²) < 4.78 is 24.6. The number of ether oxygens (including phenoxy) is 2.